The Hall–Kier alpha value is -4.10. The van der Waals surface area contributed by atoms with E-state index >= 15 is 0 Å². The molecule has 3 aromatic carbocycles. The maximum atomic E-state index is 12.8. The van der Waals surface area contributed by atoms with Gasteiger partial charge in [0.1, 0.15) is 11.6 Å². The zero-order valence-electron chi connectivity index (χ0n) is 19.1. The number of fused-ring (bicyclic) bond motifs is 1. The fourth-order valence-electron chi connectivity index (χ4n) is 4.07. The lowest BCUT2D eigenvalue weighted by Gasteiger charge is -2.27. The van der Waals surface area contributed by atoms with Crippen LogP contribution in [0.3, 0.4) is 0 Å². The van der Waals surface area contributed by atoms with Crippen molar-refractivity contribution in [2.24, 2.45) is 0 Å². The standard InChI is InChI=1S/C27H23ClN4O3/c1-35-24-5-3-2-4-22(24)29-27(34)20-8-6-18(7-9-20)17-31-25-16-23(19-10-12-21(28)13-11-19)30-32(25)15-14-26(31)33/h2-13,16H,14-15,17H2,1H3,(H,29,34). The van der Waals surface area contributed by atoms with Crippen LogP contribution in [0.2, 0.25) is 5.02 Å². The van der Waals surface area contributed by atoms with E-state index in [1.54, 1.807) is 36.3 Å². The van der Waals surface area contributed by atoms with Crippen LogP contribution in [0.5, 0.6) is 5.75 Å². The van der Waals surface area contributed by atoms with Crippen molar-refractivity contribution in [2.45, 2.75) is 19.5 Å². The molecule has 0 saturated heterocycles. The first-order valence-electron chi connectivity index (χ1n) is 11.2. The van der Waals surface area contributed by atoms with Crippen molar-refractivity contribution in [1.29, 1.82) is 0 Å². The number of aryl methyl sites for hydroxylation is 1. The van der Waals surface area contributed by atoms with Crippen LogP contribution >= 0.6 is 11.6 Å². The lowest BCUT2D eigenvalue weighted by molar-refractivity contribution is -0.119. The van der Waals surface area contributed by atoms with E-state index in [4.69, 9.17) is 16.3 Å². The van der Waals surface area contributed by atoms with E-state index < -0.39 is 0 Å². The number of para-hydroxylation sites is 2. The van der Waals surface area contributed by atoms with Gasteiger partial charge in [-0.25, -0.2) is 4.68 Å². The summed E-state index contributed by atoms with van der Waals surface area (Å²) in [5.74, 6) is 1.15. The summed E-state index contributed by atoms with van der Waals surface area (Å²) in [4.78, 5) is 27.2. The van der Waals surface area contributed by atoms with E-state index in [-0.39, 0.29) is 11.8 Å². The first-order chi connectivity index (χ1) is 17.0. The third kappa shape index (κ3) is 4.76. The molecule has 0 aliphatic carbocycles. The van der Waals surface area contributed by atoms with Gasteiger partial charge in [-0.1, -0.05) is 48.0 Å². The number of benzene rings is 3. The molecule has 2 heterocycles. The maximum Gasteiger partial charge on any atom is 0.255 e. The van der Waals surface area contributed by atoms with Crippen LogP contribution in [0.15, 0.2) is 78.9 Å². The van der Waals surface area contributed by atoms with Gasteiger partial charge in [-0.15, -0.1) is 0 Å². The van der Waals surface area contributed by atoms with Crippen LogP contribution in [0, 0.1) is 0 Å². The average molecular weight is 487 g/mol. The number of anilines is 2. The lowest BCUT2D eigenvalue weighted by Crippen LogP contribution is -2.36. The quantitative estimate of drug-likeness (QED) is 0.396. The zero-order valence-corrected chi connectivity index (χ0v) is 19.8. The predicted molar refractivity (Wildman–Crippen MR) is 136 cm³/mol. The summed E-state index contributed by atoms with van der Waals surface area (Å²) < 4.78 is 7.16. The van der Waals surface area contributed by atoms with Crippen LogP contribution < -0.4 is 15.0 Å². The summed E-state index contributed by atoms with van der Waals surface area (Å²) in [5.41, 5.74) is 3.76. The molecule has 0 atom stereocenters. The number of carbonyl (C=O) groups is 2. The Morgan fingerprint density at radius 1 is 1.06 bits per heavy atom. The minimum absolute atomic E-state index is 0.0399. The topological polar surface area (TPSA) is 76.5 Å². The van der Waals surface area contributed by atoms with Gasteiger partial charge in [0.15, 0.2) is 0 Å². The molecule has 7 nitrogen and oxygen atoms in total. The van der Waals surface area contributed by atoms with Crippen molar-refractivity contribution < 1.29 is 14.3 Å². The number of halogens is 1. The summed E-state index contributed by atoms with van der Waals surface area (Å²) in [6.07, 6.45) is 0.383. The van der Waals surface area contributed by atoms with Gasteiger partial charge in [0, 0.05) is 28.6 Å². The van der Waals surface area contributed by atoms with Crippen molar-refractivity contribution in [3.63, 3.8) is 0 Å². The van der Waals surface area contributed by atoms with Crippen molar-refractivity contribution in [3.8, 4) is 17.0 Å². The minimum Gasteiger partial charge on any atom is -0.495 e. The van der Waals surface area contributed by atoms with Gasteiger partial charge in [0.25, 0.3) is 5.91 Å². The predicted octanol–water partition coefficient (Wildman–Crippen LogP) is 5.40. The number of carbonyl (C=O) groups excluding carboxylic acids is 2. The summed E-state index contributed by atoms with van der Waals surface area (Å²) in [5, 5.41) is 8.22. The molecule has 0 radical (unpaired) electrons. The second-order valence-corrected chi connectivity index (χ2v) is 8.64. The van der Waals surface area contributed by atoms with Gasteiger partial charge in [0.2, 0.25) is 5.91 Å². The Kier molecular flexibility index (Phi) is 6.25. The molecular weight excluding hydrogens is 464 g/mol. The second-order valence-electron chi connectivity index (χ2n) is 8.20. The molecule has 176 valence electrons. The number of amides is 2. The van der Waals surface area contributed by atoms with Crippen molar-refractivity contribution in [3.05, 3.63) is 95.0 Å². The number of hydrogen-bond donors (Lipinski definition) is 1. The molecule has 8 heteroatoms. The largest absolute Gasteiger partial charge is 0.495 e. The molecular formula is C27H23ClN4O3. The monoisotopic (exact) mass is 486 g/mol. The van der Waals surface area contributed by atoms with E-state index in [9.17, 15) is 9.59 Å². The van der Waals surface area contributed by atoms with Crippen molar-refractivity contribution in [1.82, 2.24) is 9.78 Å². The molecule has 35 heavy (non-hydrogen) atoms. The Balaban J connectivity index is 1.33. The summed E-state index contributed by atoms with van der Waals surface area (Å²) in [6, 6.07) is 23.9. The Morgan fingerprint density at radius 3 is 2.54 bits per heavy atom. The van der Waals surface area contributed by atoms with Crippen LogP contribution in [0.25, 0.3) is 11.3 Å². The van der Waals surface area contributed by atoms with E-state index in [0.29, 0.717) is 41.5 Å². The number of nitrogens with one attached hydrogen (secondary N) is 1. The highest BCUT2D eigenvalue weighted by Gasteiger charge is 2.26. The van der Waals surface area contributed by atoms with E-state index in [1.165, 1.54) is 0 Å². The summed E-state index contributed by atoms with van der Waals surface area (Å²) in [7, 11) is 1.56. The molecule has 5 rings (SSSR count). The highest BCUT2D eigenvalue weighted by Crippen LogP contribution is 2.30. The third-order valence-electron chi connectivity index (χ3n) is 5.93. The van der Waals surface area contributed by atoms with Gasteiger partial charge >= 0.3 is 0 Å². The highest BCUT2D eigenvalue weighted by molar-refractivity contribution is 6.30. The Labute approximate surface area is 207 Å². The van der Waals surface area contributed by atoms with Crippen molar-refractivity contribution >= 4 is 34.9 Å². The molecule has 1 aliphatic heterocycles. The van der Waals surface area contributed by atoms with E-state index in [2.05, 4.69) is 10.4 Å². The lowest BCUT2D eigenvalue weighted by atomic mass is 10.1. The van der Waals surface area contributed by atoms with Crippen LogP contribution in [-0.4, -0.2) is 28.7 Å². The zero-order chi connectivity index (χ0) is 24.4. The van der Waals surface area contributed by atoms with E-state index in [1.807, 2.05) is 59.3 Å². The fourth-order valence-corrected chi connectivity index (χ4v) is 4.20. The average Bonchev–Trinajstić information content (AvgIpc) is 3.31. The van der Waals surface area contributed by atoms with Gasteiger partial charge in [-0.05, 0) is 42.0 Å². The molecule has 0 fully saturated rings. The van der Waals surface area contributed by atoms with Crippen LogP contribution in [0.4, 0.5) is 11.5 Å². The minimum atomic E-state index is -0.235. The molecule has 2 amide bonds. The molecule has 0 bridgehead atoms. The summed E-state index contributed by atoms with van der Waals surface area (Å²) >= 11 is 6.01. The van der Waals surface area contributed by atoms with Gasteiger partial charge < -0.3 is 10.1 Å². The highest BCUT2D eigenvalue weighted by atomic mass is 35.5. The van der Waals surface area contributed by atoms with Crippen molar-refractivity contribution in [2.75, 3.05) is 17.3 Å². The Morgan fingerprint density at radius 2 is 1.80 bits per heavy atom. The smallest absolute Gasteiger partial charge is 0.255 e. The molecule has 0 saturated carbocycles. The third-order valence-corrected chi connectivity index (χ3v) is 6.18. The molecule has 1 N–H and O–H groups in total. The van der Waals surface area contributed by atoms with Gasteiger partial charge in [-0.2, -0.15) is 5.10 Å². The molecule has 0 spiro atoms. The number of methoxy groups -OCH3 is 1. The van der Waals surface area contributed by atoms with E-state index in [0.717, 1.165) is 22.6 Å². The summed E-state index contributed by atoms with van der Waals surface area (Å²) in [6.45, 7) is 0.930. The van der Waals surface area contributed by atoms with Gasteiger partial charge in [0.05, 0.1) is 31.6 Å². The first kappa shape index (κ1) is 22.7. The number of nitrogens with zero attached hydrogens (tertiary/aromatic N) is 3. The molecule has 1 aromatic heterocycles. The maximum absolute atomic E-state index is 12.8. The Bertz CT molecular complexity index is 1380. The second kappa shape index (κ2) is 9.64. The number of aromatic nitrogens is 2. The molecule has 1 aliphatic rings. The number of hydrogen-bond acceptors (Lipinski definition) is 4. The molecule has 0 unspecified atom stereocenters. The first-order valence-corrected chi connectivity index (χ1v) is 11.6. The van der Waals surface area contributed by atoms with Crippen LogP contribution in [-0.2, 0) is 17.9 Å². The van der Waals surface area contributed by atoms with Gasteiger partial charge in [-0.3, -0.25) is 14.5 Å². The number of rotatable bonds is 6. The fraction of sp³-hybridized carbons (Fsp3) is 0.148. The normalized spacial score (nSPS) is 12.9. The SMILES string of the molecule is COc1ccccc1NC(=O)c1ccc(CN2C(=O)CCn3nc(-c4ccc(Cl)cc4)cc32)cc1. The van der Waals surface area contributed by atoms with Crippen LogP contribution in [0.1, 0.15) is 22.3 Å². The molecule has 4 aromatic rings. The number of ether oxygens (including phenoxy) is 1.